The number of hydrogen-bond donors (Lipinski definition) is 1. The molecule has 0 bridgehead atoms. The van der Waals surface area contributed by atoms with Crippen molar-refractivity contribution in [3.8, 4) is 0 Å². The van der Waals surface area contributed by atoms with E-state index in [2.05, 4.69) is 37.4 Å². The Labute approximate surface area is 141 Å². The van der Waals surface area contributed by atoms with Crippen molar-refractivity contribution in [2.75, 3.05) is 5.32 Å². The van der Waals surface area contributed by atoms with Crippen LogP contribution in [-0.4, -0.2) is 5.91 Å². The highest BCUT2D eigenvalue weighted by Crippen LogP contribution is 2.37. The van der Waals surface area contributed by atoms with E-state index in [4.69, 9.17) is 11.6 Å². The van der Waals surface area contributed by atoms with E-state index in [-0.39, 0.29) is 5.91 Å². The molecular formula is C18H20ClNOS. The second-order valence-electron chi connectivity index (χ2n) is 5.31. The van der Waals surface area contributed by atoms with Crippen LogP contribution in [0.2, 0.25) is 5.02 Å². The number of benzene rings is 2. The van der Waals surface area contributed by atoms with Crippen molar-refractivity contribution in [1.29, 1.82) is 0 Å². The number of rotatable bonds is 5. The molecule has 0 aromatic heterocycles. The van der Waals surface area contributed by atoms with Crippen LogP contribution in [0.25, 0.3) is 0 Å². The zero-order valence-corrected chi connectivity index (χ0v) is 14.6. The van der Waals surface area contributed by atoms with Gasteiger partial charge in [-0.15, -0.1) is 0 Å². The highest BCUT2D eigenvalue weighted by atomic mass is 35.5. The Morgan fingerprint density at radius 1 is 1.14 bits per heavy atom. The van der Waals surface area contributed by atoms with Gasteiger partial charge in [-0.2, -0.15) is 0 Å². The van der Waals surface area contributed by atoms with Gasteiger partial charge in [-0.25, -0.2) is 0 Å². The molecule has 0 aliphatic rings. The number of nitrogens with one attached hydrogen (secondary N) is 1. The Kier molecular flexibility index (Phi) is 5.92. The first-order valence-corrected chi connectivity index (χ1v) is 8.53. The molecule has 2 aromatic rings. The van der Waals surface area contributed by atoms with Crippen molar-refractivity contribution in [1.82, 2.24) is 0 Å². The lowest BCUT2D eigenvalue weighted by molar-refractivity contribution is -0.116. The standard InChI is InChI=1S/C18H20ClNOS/c1-4-5-18(21)20-15-11-14(19)7-9-17(15)22-16-8-6-12(2)10-13(16)3/h6-11H,4-5H2,1-3H3,(H,20,21). The Hall–Kier alpha value is -1.45. The molecule has 2 nitrogen and oxygen atoms in total. The number of carbonyl (C=O) groups is 1. The third-order valence-corrected chi connectivity index (χ3v) is 4.73. The van der Waals surface area contributed by atoms with Crippen LogP contribution in [0.3, 0.4) is 0 Å². The Morgan fingerprint density at radius 3 is 2.55 bits per heavy atom. The molecule has 0 fully saturated rings. The van der Waals surface area contributed by atoms with Crippen molar-refractivity contribution >= 4 is 35.0 Å². The van der Waals surface area contributed by atoms with Crippen molar-refractivity contribution in [2.24, 2.45) is 0 Å². The van der Waals surface area contributed by atoms with Gasteiger partial charge in [-0.1, -0.05) is 48.0 Å². The summed E-state index contributed by atoms with van der Waals surface area (Å²) in [4.78, 5) is 14.1. The molecule has 22 heavy (non-hydrogen) atoms. The minimum absolute atomic E-state index is 0.0206. The molecule has 116 valence electrons. The quantitative estimate of drug-likeness (QED) is 0.744. The average molecular weight is 334 g/mol. The van der Waals surface area contributed by atoms with Gasteiger partial charge in [0.2, 0.25) is 5.91 Å². The van der Waals surface area contributed by atoms with Crippen LogP contribution in [-0.2, 0) is 4.79 Å². The van der Waals surface area contributed by atoms with Crippen molar-refractivity contribution in [3.05, 3.63) is 52.5 Å². The lowest BCUT2D eigenvalue weighted by Gasteiger charge is -2.13. The first kappa shape index (κ1) is 16.9. The molecule has 4 heteroatoms. The number of amides is 1. The second kappa shape index (κ2) is 7.70. The fourth-order valence-electron chi connectivity index (χ4n) is 2.16. The predicted molar refractivity (Wildman–Crippen MR) is 95.0 cm³/mol. The van der Waals surface area contributed by atoms with E-state index in [9.17, 15) is 4.79 Å². The third-order valence-electron chi connectivity index (χ3n) is 3.24. The van der Waals surface area contributed by atoms with Crippen LogP contribution in [0.15, 0.2) is 46.2 Å². The van der Waals surface area contributed by atoms with Gasteiger partial charge in [-0.3, -0.25) is 4.79 Å². The topological polar surface area (TPSA) is 29.1 Å². The molecular weight excluding hydrogens is 314 g/mol. The van der Waals surface area contributed by atoms with Gasteiger partial charge in [0.25, 0.3) is 0 Å². The SMILES string of the molecule is CCCC(=O)Nc1cc(Cl)ccc1Sc1ccc(C)cc1C. The van der Waals surface area contributed by atoms with Crippen LogP contribution in [0.5, 0.6) is 0 Å². The van der Waals surface area contributed by atoms with Gasteiger partial charge in [0.1, 0.15) is 0 Å². The van der Waals surface area contributed by atoms with Crippen LogP contribution >= 0.6 is 23.4 Å². The van der Waals surface area contributed by atoms with Gasteiger partial charge >= 0.3 is 0 Å². The van der Waals surface area contributed by atoms with Crippen molar-refractivity contribution < 1.29 is 4.79 Å². The maximum absolute atomic E-state index is 11.9. The van der Waals surface area contributed by atoms with E-state index in [1.54, 1.807) is 17.8 Å². The summed E-state index contributed by atoms with van der Waals surface area (Å²) in [7, 11) is 0. The van der Waals surface area contributed by atoms with Crippen molar-refractivity contribution in [2.45, 2.75) is 43.4 Å². The summed E-state index contributed by atoms with van der Waals surface area (Å²) in [5.41, 5.74) is 3.25. The summed E-state index contributed by atoms with van der Waals surface area (Å²) in [6.45, 7) is 6.17. The normalized spacial score (nSPS) is 10.5. The lowest BCUT2D eigenvalue weighted by Crippen LogP contribution is -2.11. The van der Waals surface area contributed by atoms with E-state index in [0.717, 1.165) is 17.0 Å². The molecule has 2 rings (SSSR count). The van der Waals surface area contributed by atoms with E-state index < -0.39 is 0 Å². The summed E-state index contributed by atoms with van der Waals surface area (Å²) in [6.07, 6.45) is 1.34. The van der Waals surface area contributed by atoms with Gasteiger partial charge in [-0.05, 0) is 50.1 Å². The van der Waals surface area contributed by atoms with Gasteiger partial charge < -0.3 is 5.32 Å². The minimum atomic E-state index is 0.0206. The van der Waals surface area contributed by atoms with Crippen molar-refractivity contribution in [3.63, 3.8) is 0 Å². The third kappa shape index (κ3) is 4.52. The second-order valence-corrected chi connectivity index (χ2v) is 6.83. The van der Waals surface area contributed by atoms with E-state index in [1.807, 2.05) is 19.1 Å². The number of halogens is 1. The molecule has 0 atom stereocenters. The summed E-state index contributed by atoms with van der Waals surface area (Å²) in [6, 6.07) is 12.0. The van der Waals surface area contributed by atoms with Crippen LogP contribution in [0.4, 0.5) is 5.69 Å². The first-order chi connectivity index (χ1) is 10.5. The molecule has 0 heterocycles. The largest absolute Gasteiger partial charge is 0.325 e. The Balaban J connectivity index is 2.28. The molecule has 0 unspecified atom stereocenters. The smallest absolute Gasteiger partial charge is 0.224 e. The minimum Gasteiger partial charge on any atom is -0.325 e. The monoisotopic (exact) mass is 333 g/mol. The van der Waals surface area contributed by atoms with Gasteiger partial charge in [0.15, 0.2) is 0 Å². The number of anilines is 1. The average Bonchev–Trinajstić information content (AvgIpc) is 2.44. The number of carbonyl (C=O) groups excluding carboxylic acids is 1. The summed E-state index contributed by atoms with van der Waals surface area (Å²) >= 11 is 7.72. The maximum Gasteiger partial charge on any atom is 0.224 e. The fourth-order valence-corrected chi connectivity index (χ4v) is 3.28. The molecule has 0 spiro atoms. The number of hydrogen-bond acceptors (Lipinski definition) is 2. The molecule has 1 N–H and O–H groups in total. The maximum atomic E-state index is 11.9. The highest BCUT2D eigenvalue weighted by Gasteiger charge is 2.10. The molecule has 2 aromatic carbocycles. The van der Waals surface area contributed by atoms with Gasteiger partial charge in [0, 0.05) is 21.2 Å². The molecule has 0 saturated carbocycles. The molecule has 1 amide bonds. The molecule has 0 saturated heterocycles. The van der Waals surface area contributed by atoms with Crippen LogP contribution in [0.1, 0.15) is 30.9 Å². The fraction of sp³-hybridized carbons (Fsp3) is 0.278. The highest BCUT2D eigenvalue weighted by molar-refractivity contribution is 7.99. The zero-order valence-electron chi connectivity index (χ0n) is 13.1. The molecule has 0 aliphatic carbocycles. The van der Waals surface area contributed by atoms with E-state index in [0.29, 0.717) is 11.4 Å². The first-order valence-electron chi connectivity index (χ1n) is 7.34. The summed E-state index contributed by atoms with van der Waals surface area (Å²) < 4.78 is 0. The van der Waals surface area contributed by atoms with Crippen LogP contribution in [0, 0.1) is 13.8 Å². The summed E-state index contributed by atoms with van der Waals surface area (Å²) in [5.74, 6) is 0.0206. The Morgan fingerprint density at radius 2 is 1.86 bits per heavy atom. The Bertz CT molecular complexity index is 685. The summed E-state index contributed by atoms with van der Waals surface area (Å²) in [5, 5.41) is 3.58. The van der Waals surface area contributed by atoms with E-state index in [1.165, 1.54) is 16.0 Å². The molecule has 0 aliphatic heterocycles. The zero-order chi connectivity index (χ0) is 16.1. The molecule has 0 radical (unpaired) electrons. The number of aryl methyl sites for hydroxylation is 2. The predicted octanol–water partition coefficient (Wildman–Crippen LogP) is 5.85. The lowest BCUT2D eigenvalue weighted by atomic mass is 10.2. The van der Waals surface area contributed by atoms with Crippen LogP contribution < -0.4 is 5.32 Å². The van der Waals surface area contributed by atoms with Gasteiger partial charge in [0.05, 0.1) is 5.69 Å². The van der Waals surface area contributed by atoms with E-state index >= 15 is 0 Å².